The molecule has 0 aliphatic carbocycles. The number of amides is 1. The molecule has 0 bridgehead atoms. The quantitative estimate of drug-likeness (QED) is 0.415. The van der Waals surface area contributed by atoms with Crippen LogP contribution >= 0.6 is 0 Å². The van der Waals surface area contributed by atoms with Crippen molar-refractivity contribution in [2.24, 2.45) is 0 Å². The summed E-state index contributed by atoms with van der Waals surface area (Å²) in [6.07, 6.45) is 12.6. The van der Waals surface area contributed by atoms with Gasteiger partial charge >= 0.3 is 0 Å². The first-order valence-corrected chi connectivity index (χ1v) is 7.65. The highest BCUT2D eigenvalue weighted by molar-refractivity contribution is 5.45. The average Bonchev–Trinajstić information content (AvgIpc) is 2.39. The third-order valence-corrected chi connectivity index (χ3v) is 2.79. The topological polar surface area (TPSA) is 41.1 Å². The molecule has 0 rings (SSSR count). The van der Waals surface area contributed by atoms with Crippen LogP contribution in [0.4, 0.5) is 0 Å². The Bertz CT molecular complexity index is 136. The molecule has 3 nitrogen and oxygen atoms in total. The first kappa shape index (κ1) is 19.8. The van der Waals surface area contributed by atoms with Gasteiger partial charge in [-0.25, -0.2) is 0 Å². The van der Waals surface area contributed by atoms with Crippen LogP contribution < -0.4 is 10.6 Å². The molecule has 18 heavy (non-hydrogen) atoms. The lowest BCUT2D eigenvalue weighted by molar-refractivity contribution is -0.109. The minimum absolute atomic E-state index is 0.758. The predicted octanol–water partition coefficient (Wildman–Crippen LogP) is 3.49. The van der Waals surface area contributed by atoms with Crippen molar-refractivity contribution in [2.75, 3.05) is 20.1 Å². The fraction of sp³-hybridized carbons (Fsp3) is 0.933. The molecule has 0 atom stereocenters. The predicted molar refractivity (Wildman–Crippen MR) is 80.9 cm³/mol. The van der Waals surface area contributed by atoms with E-state index in [1.807, 2.05) is 7.05 Å². The van der Waals surface area contributed by atoms with Crippen LogP contribution in [0.3, 0.4) is 0 Å². The number of carbonyl (C=O) groups excluding carboxylic acids is 1. The molecule has 0 radical (unpaired) electrons. The van der Waals surface area contributed by atoms with E-state index >= 15 is 0 Å². The van der Waals surface area contributed by atoms with Crippen LogP contribution in [0.5, 0.6) is 0 Å². The Morgan fingerprint density at radius 1 is 0.778 bits per heavy atom. The van der Waals surface area contributed by atoms with Crippen LogP contribution in [0.2, 0.25) is 0 Å². The minimum Gasteiger partial charge on any atom is -0.359 e. The van der Waals surface area contributed by atoms with Gasteiger partial charge in [-0.1, -0.05) is 58.8 Å². The molecule has 0 aliphatic rings. The van der Waals surface area contributed by atoms with Gasteiger partial charge in [0, 0.05) is 6.54 Å². The Morgan fingerprint density at radius 2 is 1.28 bits per heavy atom. The SMILES string of the molecule is CCCCCCC.CNCCCCCCNC=O. The van der Waals surface area contributed by atoms with E-state index in [2.05, 4.69) is 24.5 Å². The number of unbranched alkanes of at least 4 members (excludes halogenated alkanes) is 7. The number of carbonyl (C=O) groups is 1. The summed E-state index contributed by atoms with van der Waals surface area (Å²) in [6, 6.07) is 0. The molecule has 2 N–H and O–H groups in total. The lowest BCUT2D eigenvalue weighted by atomic mass is 10.2. The van der Waals surface area contributed by atoms with Crippen molar-refractivity contribution >= 4 is 6.41 Å². The average molecular weight is 258 g/mol. The van der Waals surface area contributed by atoms with E-state index in [-0.39, 0.29) is 0 Å². The van der Waals surface area contributed by atoms with Gasteiger partial charge in [-0.15, -0.1) is 0 Å². The van der Waals surface area contributed by atoms with Crippen LogP contribution in [0, 0.1) is 0 Å². The zero-order valence-electron chi connectivity index (χ0n) is 12.8. The van der Waals surface area contributed by atoms with Crippen molar-refractivity contribution in [1.29, 1.82) is 0 Å². The summed E-state index contributed by atoms with van der Waals surface area (Å²) in [5, 5.41) is 5.74. The molecule has 0 fully saturated rings. The maximum Gasteiger partial charge on any atom is 0.207 e. The fourth-order valence-corrected chi connectivity index (χ4v) is 1.62. The van der Waals surface area contributed by atoms with E-state index in [0.717, 1.165) is 25.9 Å². The lowest BCUT2D eigenvalue weighted by Gasteiger charge is -1.99. The Morgan fingerprint density at radius 3 is 1.72 bits per heavy atom. The van der Waals surface area contributed by atoms with E-state index in [1.54, 1.807) is 0 Å². The highest BCUT2D eigenvalue weighted by Crippen LogP contribution is 2.00. The summed E-state index contributed by atoms with van der Waals surface area (Å²) in [5.41, 5.74) is 0. The number of hydrogen-bond donors (Lipinski definition) is 2. The van der Waals surface area contributed by atoms with E-state index in [1.165, 1.54) is 51.4 Å². The smallest absolute Gasteiger partial charge is 0.207 e. The van der Waals surface area contributed by atoms with E-state index < -0.39 is 0 Å². The zero-order chi connectivity index (χ0) is 13.9. The van der Waals surface area contributed by atoms with Crippen molar-refractivity contribution in [2.45, 2.75) is 71.6 Å². The van der Waals surface area contributed by atoms with Crippen LogP contribution in [0.25, 0.3) is 0 Å². The third kappa shape index (κ3) is 24.6. The molecule has 0 aromatic rings. The standard InChI is InChI=1S/C8H18N2O.C7H16/c1-9-6-4-2-3-5-7-10-8-11;1-3-5-7-6-4-2/h8-9H,2-7H2,1H3,(H,10,11);3-7H2,1-2H3. The summed E-state index contributed by atoms with van der Waals surface area (Å²) in [6.45, 7) is 6.41. The first-order valence-electron chi connectivity index (χ1n) is 7.65. The largest absolute Gasteiger partial charge is 0.359 e. The van der Waals surface area contributed by atoms with Gasteiger partial charge < -0.3 is 10.6 Å². The van der Waals surface area contributed by atoms with Crippen LogP contribution in [-0.4, -0.2) is 26.5 Å². The molecule has 3 heteroatoms. The van der Waals surface area contributed by atoms with E-state index in [0.29, 0.717) is 0 Å². The Hall–Kier alpha value is -0.570. The number of nitrogens with one attached hydrogen (secondary N) is 2. The summed E-state index contributed by atoms with van der Waals surface area (Å²) in [4.78, 5) is 9.82. The van der Waals surface area contributed by atoms with Crippen LogP contribution in [0.1, 0.15) is 71.6 Å². The van der Waals surface area contributed by atoms with Crippen molar-refractivity contribution in [3.63, 3.8) is 0 Å². The van der Waals surface area contributed by atoms with Gasteiger partial charge in [-0.05, 0) is 26.4 Å². The maximum absolute atomic E-state index is 9.82. The van der Waals surface area contributed by atoms with Gasteiger partial charge in [0.25, 0.3) is 0 Å². The molecule has 0 spiro atoms. The summed E-state index contributed by atoms with van der Waals surface area (Å²) < 4.78 is 0. The second-order valence-electron chi connectivity index (χ2n) is 4.65. The molecule has 0 heterocycles. The molecule has 0 saturated heterocycles. The third-order valence-electron chi connectivity index (χ3n) is 2.79. The van der Waals surface area contributed by atoms with E-state index in [4.69, 9.17) is 0 Å². The first-order chi connectivity index (χ1) is 8.83. The second-order valence-corrected chi connectivity index (χ2v) is 4.65. The van der Waals surface area contributed by atoms with E-state index in [9.17, 15) is 4.79 Å². The zero-order valence-corrected chi connectivity index (χ0v) is 12.8. The minimum atomic E-state index is 0.758. The molecule has 0 aliphatic heterocycles. The lowest BCUT2D eigenvalue weighted by Crippen LogP contribution is -2.12. The highest BCUT2D eigenvalue weighted by atomic mass is 16.1. The summed E-state index contributed by atoms with van der Waals surface area (Å²) in [7, 11) is 1.97. The molecular formula is C15H34N2O. The monoisotopic (exact) mass is 258 g/mol. The normalized spacial score (nSPS) is 9.50. The van der Waals surface area contributed by atoms with Crippen LogP contribution in [-0.2, 0) is 4.79 Å². The van der Waals surface area contributed by atoms with Gasteiger partial charge in [-0.3, -0.25) is 4.79 Å². The molecule has 0 saturated carbocycles. The van der Waals surface area contributed by atoms with Gasteiger partial charge in [0.2, 0.25) is 6.41 Å². The number of rotatable bonds is 12. The molecule has 0 unspecified atom stereocenters. The van der Waals surface area contributed by atoms with Crippen molar-refractivity contribution in [3.05, 3.63) is 0 Å². The van der Waals surface area contributed by atoms with Crippen LogP contribution in [0.15, 0.2) is 0 Å². The molecule has 1 amide bonds. The van der Waals surface area contributed by atoms with Crippen molar-refractivity contribution in [1.82, 2.24) is 10.6 Å². The van der Waals surface area contributed by atoms with Gasteiger partial charge in [0.1, 0.15) is 0 Å². The molecular weight excluding hydrogens is 224 g/mol. The Kier molecular flexibility index (Phi) is 23.8. The van der Waals surface area contributed by atoms with Gasteiger partial charge in [0.05, 0.1) is 0 Å². The molecule has 0 aromatic heterocycles. The van der Waals surface area contributed by atoms with Crippen molar-refractivity contribution in [3.8, 4) is 0 Å². The summed E-state index contributed by atoms with van der Waals surface area (Å²) in [5.74, 6) is 0. The highest BCUT2D eigenvalue weighted by Gasteiger charge is 1.87. The Balaban J connectivity index is 0. The van der Waals surface area contributed by atoms with Gasteiger partial charge in [0.15, 0.2) is 0 Å². The van der Waals surface area contributed by atoms with Gasteiger partial charge in [-0.2, -0.15) is 0 Å². The fourth-order valence-electron chi connectivity index (χ4n) is 1.62. The number of hydrogen-bond acceptors (Lipinski definition) is 2. The van der Waals surface area contributed by atoms with Crippen molar-refractivity contribution < 1.29 is 4.79 Å². The maximum atomic E-state index is 9.82. The second kappa shape index (κ2) is 21.7. The summed E-state index contributed by atoms with van der Waals surface area (Å²) >= 11 is 0. The molecule has 110 valence electrons. The molecule has 0 aromatic carbocycles. The Labute approximate surface area is 114 Å².